The third-order valence-corrected chi connectivity index (χ3v) is 4.66. The fourth-order valence-corrected chi connectivity index (χ4v) is 3.04. The summed E-state index contributed by atoms with van der Waals surface area (Å²) in [6.45, 7) is 3.80. The number of Topliss-reactive ketones (excluding diaryl/α,β-unsaturated/α-hetero) is 2. The number of benzene rings is 3. The summed E-state index contributed by atoms with van der Waals surface area (Å²) in [5.41, 5.74) is 4.68. The topological polar surface area (TPSA) is 34.1 Å². The first kappa shape index (κ1) is 18.5. The van der Waals surface area contributed by atoms with Gasteiger partial charge in [0.15, 0.2) is 11.6 Å². The van der Waals surface area contributed by atoms with E-state index in [-0.39, 0.29) is 18.0 Å². The van der Waals surface area contributed by atoms with Crippen molar-refractivity contribution in [3.8, 4) is 0 Å². The van der Waals surface area contributed by atoms with Crippen molar-refractivity contribution in [1.29, 1.82) is 0 Å². The van der Waals surface area contributed by atoms with Gasteiger partial charge in [0.05, 0.1) is 0 Å². The van der Waals surface area contributed by atoms with E-state index >= 15 is 0 Å². The van der Waals surface area contributed by atoms with Crippen molar-refractivity contribution in [3.63, 3.8) is 0 Å². The van der Waals surface area contributed by atoms with Gasteiger partial charge < -0.3 is 0 Å². The van der Waals surface area contributed by atoms with E-state index in [1.54, 1.807) is 19.1 Å². The van der Waals surface area contributed by atoms with Gasteiger partial charge in [-0.25, -0.2) is 0 Å². The van der Waals surface area contributed by atoms with Gasteiger partial charge in [-0.2, -0.15) is 0 Å². The van der Waals surface area contributed by atoms with Crippen LogP contribution in [0.3, 0.4) is 0 Å². The molecule has 2 nitrogen and oxygen atoms in total. The summed E-state index contributed by atoms with van der Waals surface area (Å²) < 4.78 is 0. The van der Waals surface area contributed by atoms with Gasteiger partial charge in [0.2, 0.25) is 0 Å². The van der Waals surface area contributed by atoms with E-state index in [1.807, 2.05) is 79.7 Å². The molecule has 3 rings (SSSR count). The van der Waals surface area contributed by atoms with Crippen LogP contribution in [0, 0.1) is 6.92 Å². The molecule has 0 aromatic heterocycles. The Morgan fingerprint density at radius 1 is 0.667 bits per heavy atom. The van der Waals surface area contributed by atoms with E-state index in [1.165, 1.54) is 0 Å². The Morgan fingerprint density at radius 2 is 1.19 bits per heavy atom. The molecule has 0 bridgehead atoms. The summed E-state index contributed by atoms with van der Waals surface area (Å²) in [5.74, 6) is -0.0415. The van der Waals surface area contributed by atoms with Crippen LogP contribution in [0.5, 0.6) is 0 Å². The molecule has 0 fully saturated rings. The molecule has 3 aromatic carbocycles. The van der Waals surface area contributed by atoms with E-state index in [0.717, 1.165) is 16.7 Å². The summed E-state index contributed by atoms with van der Waals surface area (Å²) in [7, 11) is 0. The van der Waals surface area contributed by atoms with Gasteiger partial charge in [0, 0.05) is 23.1 Å². The molecule has 134 valence electrons. The first-order chi connectivity index (χ1) is 13.1. The molecular formula is C25H22O2. The molecule has 0 heterocycles. The number of carbonyl (C=O) groups is 2. The minimum atomic E-state index is -0.0499. The Hall–Kier alpha value is -3.26. The van der Waals surface area contributed by atoms with Gasteiger partial charge in [-0.05, 0) is 25.0 Å². The zero-order chi connectivity index (χ0) is 19.2. The molecule has 2 heteroatoms. The van der Waals surface area contributed by atoms with Crippen LogP contribution in [0.15, 0.2) is 90.5 Å². The number of aryl methyl sites for hydroxylation is 1. The molecule has 0 aliphatic heterocycles. The number of ketones is 2. The Morgan fingerprint density at radius 3 is 1.74 bits per heavy atom. The van der Waals surface area contributed by atoms with Crippen LogP contribution in [0.2, 0.25) is 0 Å². The van der Waals surface area contributed by atoms with Gasteiger partial charge in [-0.1, -0.05) is 90.5 Å². The average molecular weight is 354 g/mol. The number of carbonyl (C=O) groups excluding carboxylic acids is 2. The molecule has 0 N–H and O–H groups in total. The Bertz CT molecular complexity index is 966. The number of allylic oxidation sites excluding steroid dienone is 2. The molecule has 0 saturated heterocycles. The second kappa shape index (κ2) is 8.41. The second-order valence-electron chi connectivity index (χ2n) is 6.63. The molecule has 0 atom stereocenters. The van der Waals surface area contributed by atoms with Crippen molar-refractivity contribution in [2.24, 2.45) is 0 Å². The van der Waals surface area contributed by atoms with Gasteiger partial charge in [-0.15, -0.1) is 0 Å². The van der Waals surface area contributed by atoms with Gasteiger partial charge >= 0.3 is 0 Å². The Labute approximate surface area is 160 Å². The van der Waals surface area contributed by atoms with Crippen LogP contribution >= 0.6 is 0 Å². The standard InChI is InChI=1S/C25H22O2/c1-18-13-15-21(16-14-18)24(26)17-23(20-9-5-3-6-10-20)19(2)25(27)22-11-7-4-8-12-22/h3-16H,17H2,1-2H3/b23-19-. The molecule has 0 saturated carbocycles. The molecule has 0 radical (unpaired) electrons. The lowest BCUT2D eigenvalue weighted by molar-refractivity contribution is 0.0998. The fourth-order valence-electron chi connectivity index (χ4n) is 3.04. The molecule has 3 aromatic rings. The smallest absolute Gasteiger partial charge is 0.189 e. The molecule has 0 aliphatic carbocycles. The van der Waals surface area contributed by atoms with Crippen LogP contribution in [-0.4, -0.2) is 11.6 Å². The van der Waals surface area contributed by atoms with E-state index < -0.39 is 0 Å². The summed E-state index contributed by atoms with van der Waals surface area (Å²) in [5, 5.41) is 0. The summed E-state index contributed by atoms with van der Waals surface area (Å²) >= 11 is 0. The van der Waals surface area contributed by atoms with Crippen LogP contribution in [0.4, 0.5) is 0 Å². The van der Waals surface area contributed by atoms with Gasteiger partial charge in [0.25, 0.3) is 0 Å². The molecular weight excluding hydrogens is 332 g/mol. The minimum absolute atomic E-state index is 0.00839. The van der Waals surface area contributed by atoms with E-state index in [2.05, 4.69) is 0 Å². The predicted octanol–water partition coefficient (Wildman–Crippen LogP) is 5.92. The summed E-state index contributed by atoms with van der Waals surface area (Å²) in [6.07, 6.45) is 0.192. The summed E-state index contributed by atoms with van der Waals surface area (Å²) in [6, 6.07) is 26.4. The maximum absolute atomic E-state index is 13.0. The first-order valence-corrected chi connectivity index (χ1v) is 9.01. The highest BCUT2D eigenvalue weighted by molar-refractivity contribution is 6.15. The largest absolute Gasteiger partial charge is 0.294 e. The molecule has 27 heavy (non-hydrogen) atoms. The molecule has 0 amide bonds. The van der Waals surface area contributed by atoms with Crippen LogP contribution in [0.1, 0.15) is 45.2 Å². The third-order valence-electron chi connectivity index (χ3n) is 4.66. The number of rotatable bonds is 6. The Balaban J connectivity index is 2.00. The zero-order valence-corrected chi connectivity index (χ0v) is 15.6. The van der Waals surface area contributed by atoms with Crippen LogP contribution in [0.25, 0.3) is 5.57 Å². The lowest BCUT2D eigenvalue weighted by Gasteiger charge is -2.12. The highest BCUT2D eigenvalue weighted by atomic mass is 16.1. The average Bonchev–Trinajstić information content (AvgIpc) is 2.72. The predicted molar refractivity (Wildman–Crippen MR) is 110 cm³/mol. The van der Waals surface area contributed by atoms with Crippen molar-refractivity contribution >= 4 is 17.1 Å². The SMILES string of the molecule is C/C(C(=O)c1ccccc1)=C(\CC(=O)c1ccc(C)cc1)c1ccccc1. The Kier molecular flexibility index (Phi) is 5.77. The second-order valence-corrected chi connectivity index (χ2v) is 6.63. The van der Waals surface area contributed by atoms with E-state index in [9.17, 15) is 9.59 Å². The van der Waals surface area contributed by atoms with Crippen molar-refractivity contribution in [1.82, 2.24) is 0 Å². The van der Waals surface area contributed by atoms with Crippen molar-refractivity contribution < 1.29 is 9.59 Å². The molecule has 0 aliphatic rings. The minimum Gasteiger partial charge on any atom is -0.294 e. The zero-order valence-electron chi connectivity index (χ0n) is 15.6. The van der Waals surface area contributed by atoms with Crippen LogP contribution < -0.4 is 0 Å². The van der Waals surface area contributed by atoms with Crippen molar-refractivity contribution in [3.05, 3.63) is 113 Å². The molecule has 0 spiro atoms. The lowest BCUT2D eigenvalue weighted by Crippen LogP contribution is -2.08. The quantitative estimate of drug-likeness (QED) is 0.406. The first-order valence-electron chi connectivity index (χ1n) is 9.01. The van der Waals surface area contributed by atoms with Crippen LogP contribution in [-0.2, 0) is 0 Å². The molecule has 0 unspecified atom stereocenters. The van der Waals surface area contributed by atoms with Gasteiger partial charge in [-0.3, -0.25) is 9.59 Å². The van der Waals surface area contributed by atoms with E-state index in [4.69, 9.17) is 0 Å². The monoisotopic (exact) mass is 354 g/mol. The summed E-state index contributed by atoms with van der Waals surface area (Å²) in [4.78, 5) is 25.8. The number of hydrogen-bond donors (Lipinski definition) is 0. The van der Waals surface area contributed by atoms with Crippen molar-refractivity contribution in [2.75, 3.05) is 0 Å². The maximum atomic E-state index is 13.0. The lowest BCUT2D eigenvalue weighted by atomic mass is 9.90. The maximum Gasteiger partial charge on any atom is 0.189 e. The highest BCUT2D eigenvalue weighted by Crippen LogP contribution is 2.26. The fraction of sp³-hybridized carbons (Fsp3) is 0.120. The van der Waals surface area contributed by atoms with Crippen molar-refractivity contribution in [2.45, 2.75) is 20.3 Å². The third kappa shape index (κ3) is 4.48. The highest BCUT2D eigenvalue weighted by Gasteiger charge is 2.18. The van der Waals surface area contributed by atoms with Gasteiger partial charge in [0.1, 0.15) is 0 Å². The normalized spacial score (nSPS) is 11.6. The van der Waals surface area contributed by atoms with E-state index in [0.29, 0.717) is 16.7 Å². The number of hydrogen-bond acceptors (Lipinski definition) is 2.